The van der Waals surface area contributed by atoms with Gasteiger partial charge in [0.25, 0.3) is 0 Å². The van der Waals surface area contributed by atoms with Gasteiger partial charge in [-0.15, -0.1) is 11.3 Å². The molecule has 2 aromatic rings. The molecule has 0 radical (unpaired) electrons. The molecule has 1 atom stereocenters. The second-order valence-corrected chi connectivity index (χ2v) is 7.81. The number of thiophene rings is 1. The van der Waals surface area contributed by atoms with Crippen LogP contribution < -0.4 is 10.1 Å². The van der Waals surface area contributed by atoms with Crippen molar-refractivity contribution in [3.8, 4) is 11.8 Å². The summed E-state index contributed by atoms with van der Waals surface area (Å²) in [6.45, 7) is 2.57. The number of nitrogens with one attached hydrogen (secondary N) is 1. The van der Waals surface area contributed by atoms with Crippen molar-refractivity contribution in [2.24, 2.45) is 0 Å². The van der Waals surface area contributed by atoms with Gasteiger partial charge in [0.15, 0.2) is 0 Å². The summed E-state index contributed by atoms with van der Waals surface area (Å²) in [4.78, 5) is 25.9. The predicted molar refractivity (Wildman–Crippen MR) is 106 cm³/mol. The Morgan fingerprint density at radius 2 is 2.25 bits per heavy atom. The van der Waals surface area contributed by atoms with Gasteiger partial charge >= 0.3 is 6.09 Å². The van der Waals surface area contributed by atoms with Crippen molar-refractivity contribution in [1.82, 2.24) is 4.90 Å². The number of carbonyl (C=O) groups excluding carboxylic acids is 1. The monoisotopic (exact) mass is 399 g/mol. The van der Waals surface area contributed by atoms with Crippen molar-refractivity contribution in [2.75, 3.05) is 19.0 Å². The van der Waals surface area contributed by atoms with Crippen LogP contribution >= 0.6 is 11.3 Å². The molecule has 0 saturated heterocycles. The van der Waals surface area contributed by atoms with Crippen LogP contribution in [-0.2, 0) is 17.8 Å². The minimum Gasteiger partial charge on any atom is -0.497 e. The van der Waals surface area contributed by atoms with E-state index >= 15 is 0 Å². The molecule has 2 heterocycles. The van der Waals surface area contributed by atoms with Gasteiger partial charge in [0.05, 0.1) is 19.2 Å². The minimum absolute atomic E-state index is 0.0160. The Balaban J connectivity index is 1.72. The van der Waals surface area contributed by atoms with E-state index in [4.69, 9.17) is 4.74 Å². The van der Waals surface area contributed by atoms with Gasteiger partial charge in [-0.1, -0.05) is 19.1 Å². The summed E-state index contributed by atoms with van der Waals surface area (Å²) in [6.07, 6.45) is -0.228. The van der Waals surface area contributed by atoms with E-state index in [1.807, 2.05) is 31.2 Å². The molecule has 2 N–H and O–H groups in total. The minimum atomic E-state index is -0.977. The number of fused-ring (bicyclic) bond motifs is 1. The molecule has 1 unspecified atom stereocenters. The summed E-state index contributed by atoms with van der Waals surface area (Å²) < 4.78 is 5.23. The maximum absolute atomic E-state index is 12.6. The highest BCUT2D eigenvalue weighted by atomic mass is 32.1. The Bertz CT molecular complexity index is 947. The molecule has 0 saturated carbocycles. The third-order valence-electron chi connectivity index (χ3n) is 4.85. The Hall–Kier alpha value is -3.05. The first-order chi connectivity index (χ1) is 13.4. The van der Waals surface area contributed by atoms with Crippen molar-refractivity contribution in [3.05, 3.63) is 45.8 Å². The number of carbonyl (C=O) groups is 2. The van der Waals surface area contributed by atoms with Crippen molar-refractivity contribution in [2.45, 2.75) is 32.2 Å². The SMILES string of the molecule is COc1cccc(C(C)CC(=O)Nc2sc3c(c2C#N)CCN(C(=O)O)C3)c1. The van der Waals surface area contributed by atoms with Gasteiger partial charge in [-0.25, -0.2) is 4.79 Å². The van der Waals surface area contributed by atoms with E-state index in [-0.39, 0.29) is 24.8 Å². The molecule has 0 aliphatic carbocycles. The zero-order valence-corrected chi connectivity index (χ0v) is 16.5. The van der Waals surface area contributed by atoms with Gasteiger partial charge < -0.3 is 20.1 Å². The fourth-order valence-electron chi connectivity index (χ4n) is 3.29. The van der Waals surface area contributed by atoms with Crippen LogP contribution in [0.1, 0.15) is 40.8 Å². The van der Waals surface area contributed by atoms with Crippen molar-refractivity contribution >= 4 is 28.3 Å². The lowest BCUT2D eigenvalue weighted by Gasteiger charge is -2.23. The van der Waals surface area contributed by atoms with E-state index in [0.717, 1.165) is 21.8 Å². The highest BCUT2D eigenvalue weighted by Gasteiger charge is 2.27. The number of hydrogen-bond acceptors (Lipinski definition) is 5. The number of anilines is 1. The highest BCUT2D eigenvalue weighted by molar-refractivity contribution is 7.16. The molecule has 0 fully saturated rings. The van der Waals surface area contributed by atoms with Crippen LogP contribution in [0.2, 0.25) is 0 Å². The number of nitriles is 1. The van der Waals surface area contributed by atoms with Crippen molar-refractivity contribution < 1.29 is 19.4 Å². The van der Waals surface area contributed by atoms with Crippen LogP contribution in [0.15, 0.2) is 24.3 Å². The van der Waals surface area contributed by atoms with E-state index in [9.17, 15) is 20.0 Å². The van der Waals surface area contributed by atoms with E-state index in [1.54, 1.807) is 7.11 Å². The number of amides is 2. The summed E-state index contributed by atoms with van der Waals surface area (Å²) in [5.74, 6) is 0.545. The lowest BCUT2D eigenvalue weighted by atomic mass is 9.97. The molecular formula is C20H21N3O4S. The molecule has 3 rings (SSSR count). The number of rotatable bonds is 5. The number of carboxylic acid groups (broad SMARTS) is 1. The molecule has 1 aromatic heterocycles. The van der Waals surface area contributed by atoms with Gasteiger partial charge in [-0.3, -0.25) is 4.79 Å². The molecule has 1 aliphatic rings. The Labute approximate surface area is 167 Å². The molecule has 8 heteroatoms. The van der Waals surface area contributed by atoms with Gasteiger partial charge in [-0.2, -0.15) is 5.26 Å². The van der Waals surface area contributed by atoms with Crippen LogP contribution in [-0.4, -0.2) is 35.7 Å². The van der Waals surface area contributed by atoms with Crippen LogP contribution in [0.25, 0.3) is 0 Å². The average Bonchev–Trinajstić information content (AvgIpc) is 3.03. The van der Waals surface area contributed by atoms with Crippen LogP contribution in [0.4, 0.5) is 9.80 Å². The third kappa shape index (κ3) is 4.10. The maximum Gasteiger partial charge on any atom is 0.407 e. The molecular weight excluding hydrogens is 378 g/mol. The van der Waals surface area contributed by atoms with E-state index in [0.29, 0.717) is 23.5 Å². The van der Waals surface area contributed by atoms with E-state index < -0.39 is 6.09 Å². The largest absolute Gasteiger partial charge is 0.497 e. The molecule has 28 heavy (non-hydrogen) atoms. The summed E-state index contributed by atoms with van der Waals surface area (Å²) in [5, 5.41) is 22.1. The number of nitrogens with zero attached hydrogens (tertiary/aromatic N) is 2. The number of methoxy groups -OCH3 is 1. The maximum atomic E-state index is 12.6. The molecule has 0 bridgehead atoms. The van der Waals surface area contributed by atoms with Crippen molar-refractivity contribution in [1.29, 1.82) is 5.26 Å². The third-order valence-corrected chi connectivity index (χ3v) is 5.98. The zero-order valence-electron chi connectivity index (χ0n) is 15.7. The lowest BCUT2D eigenvalue weighted by Crippen LogP contribution is -2.34. The first-order valence-electron chi connectivity index (χ1n) is 8.89. The molecule has 1 aliphatic heterocycles. The number of benzene rings is 1. The summed E-state index contributed by atoms with van der Waals surface area (Å²) >= 11 is 1.29. The van der Waals surface area contributed by atoms with Crippen LogP contribution in [0.5, 0.6) is 5.75 Å². The fourth-order valence-corrected chi connectivity index (χ4v) is 4.52. The number of hydrogen-bond donors (Lipinski definition) is 2. The van der Waals surface area contributed by atoms with Gasteiger partial charge in [0.2, 0.25) is 5.91 Å². The van der Waals surface area contributed by atoms with Gasteiger partial charge in [0.1, 0.15) is 16.8 Å². The second kappa shape index (κ2) is 8.31. The Kier molecular flexibility index (Phi) is 5.85. The van der Waals surface area contributed by atoms with E-state index in [1.165, 1.54) is 16.2 Å². The molecule has 146 valence electrons. The molecule has 0 spiro atoms. The second-order valence-electron chi connectivity index (χ2n) is 6.70. The van der Waals surface area contributed by atoms with Crippen LogP contribution in [0, 0.1) is 11.3 Å². The molecule has 7 nitrogen and oxygen atoms in total. The first kappa shape index (κ1) is 19.7. The number of ether oxygens (including phenoxy) is 1. The summed E-state index contributed by atoms with van der Waals surface area (Å²) in [5.41, 5.74) is 2.30. The smallest absolute Gasteiger partial charge is 0.407 e. The van der Waals surface area contributed by atoms with Gasteiger partial charge in [-0.05, 0) is 35.6 Å². The van der Waals surface area contributed by atoms with Gasteiger partial charge in [0, 0.05) is 17.8 Å². The zero-order chi connectivity index (χ0) is 20.3. The van der Waals surface area contributed by atoms with Crippen LogP contribution in [0.3, 0.4) is 0 Å². The Morgan fingerprint density at radius 1 is 1.46 bits per heavy atom. The highest BCUT2D eigenvalue weighted by Crippen LogP contribution is 2.37. The van der Waals surface area contributed by atoms with E-state index in [2.05, 4.69) is 11.4 Å². The normalized spacial score (nSPS) is 14.0. The first-order valence-corrected chi connectivity index (χ1v) is 9.70. The predicted octanol–water partition coefficient (Wildman–Crippen LogP) is 3.80. The standard InChI is InChI=1S/C20H21N3O4S/c1-12(13-4-3-5-14(9-13)27-2)8-18(24)22-19-16(10-21)15-6-7-23(20(25)26)11-17(15)28-19/h3-5,9,12H,6-8,11H2,1-2H3,(H,22,24)(H,25,26). The summed E-state index contributed by atoms with van der Waals surface area (Å²) in [7, 11) is 1.60. The quantitative estimate of drug-likeness (QED) is 0.796. The Morgan fingerprint density at radius 3 is 2.93 bits per heavy atom. The molecule has 2 amide bonds. The lowest BCUT2D eigenvalue weighted by molar-refractivity contribution is -0.116. The average molecular weight is 399 g/mol. The topological polar surface area (TPSA) is 103 Å². The fraction of sp³-hybridized carbons (Fsp3) is 0.350. The van der Waals surface area contributed by atoms with Crippen molar-refractivity contribution in [3.63, 3.8) is 0 Å². The molecule has 1 aromatic carbocycles. The summed E-state index contributed by atoms with van der Waals surface area (Å²) in [6, 6.07) is 9.76.